The lowest BCUT2D eigenvalue weighted by Gasteiger charge is -1.99. The summed E-state index contributed by atoms with van der Waals surface area (Å²) < 4.78 is 0. The molecule has 2 N–H and O–H groups in total. The molecule has 0 aromatic carbocycles. The molecule has 0 radical (unpaired) electrons. The molecule has 0 bridgehead atoms. The van der Waals surface area contributed by atoms with Crippen LogP contribution in [-0.4, -0.2) is 5.78 Å². The van der Waals surface area contributed by atoms with Gasteiger partial charge in [0.2, 0.25) is 0 Å². The Kier molecular flexibility index (Phi) is 4.80. The fourth-order valence-corrected chi connectivity index (χ4v) is 0.676. The van der Waals surface area contributed by atoms with Gasteiger partial charge in [-0.3, -0.25) is 0 Å². The van der Waals surface area contributed by atoms with Gasteiger partial charge in [0.1, 0.15) is 0 Å². The van der Waals surface area contributed by atoms with Crippen LogP contribution in [0.1, 0.15) is 26.2 Å². The molecule has 0 aromatic rings. The van der Waals surface area contributed by atoms with Gasteiger partial charge in [0, 0.05) is 5.78 Å². The third-order valence-electron chi connectivity index (χ3n) is 0.891. The van der Waals surface area contributed by atoms with Gasteiger partial charge >= 0.3 is 0 Å². The maximum absolute atomic E-state index is 5.44. The minimum absolute atomic E-state index is 0.319. The molecule has 0 aromatic heterocycles. The molecule has 0 aliphatic carbocycles. The molecule has 0 aliphatic heterocycles. The Hall–Kier alpha value is 0.390. The van der Waals surface area contributed by atoms with Crippen molar-refractivity contribution < 1.29 is 0 Å². The van der Waals surface area contributed by atoms with Crippen molar-refractivity contribution in [3.05, 3.63) is 0 Å². The number of hydrogen-bond acceptors (Lipinski definition) is 1. The molecule has 0 spiro atoms. The van der Waals surface area contributed by atoms with Gasteiger partial charge in [-0.25, -0.2) is 0 Å². The highest BCUT2D eigenvalue weighted by molar-refractivity contribution is 7.17. The zero-order valence-electron chi connectivity index (χ0n) is 4.85. The van der Waals surface area contributed by atoms with Crippen LogP contribution in [0.3, 0.4) is 0 Å². The van der Waals surface area contributed by atoms with Crippen molar-refractivity contribution in [1.29, 1.82) is 0 Å². The van der Waals surface area contributed by atoms with Gasteiger partial charge in [0.15, 0.2) is 0 Å². The molecule has 0 amide bonds. The van der Waals surface area contributed by atoms with Gasteiger partial charge in [0.05, 0.1) is 0 Å². The van der Waals surface area contributed by atoms with Gasteiger partial charge in [-0.1, -0.05) is 19.8 Å². The third kappa shape index (κ3) is 6.39. The maximum atomic E-state index is 5.44. The van der Waals surface area contributed by atoms with Crippen molar-refractivity contribution in [2.75, 3.05) is 0 Å². The van der Waals surface area contributed by atoms with E-state index in [4.69, 9.17) is 5.73 Å². The Bertz CT molecular complexity index is 37.1. The zero-order valence-corrected chi connectivity index (χ0v) is 6.01. The molecule has 2 unspecified atom stereocenters. The van der Waals surface area contributed by atoms with Crippen molar-refractivity contribution in [2.45, 2.75) is 32.0 Å². The molecule has 2 heteroatoms. The van der Waals surface area contributed by atoms with E-state index in [1.54, 1.807) is 0 Å². The van der Waals surface area contributed by atoms with Gasteiger partial charge in [-0.05, 0) is 6.42 Å². The number of rotatable bonds is 3. The molecule has 0 saturated heterocycles. The minimum atomic E-state index is 0.319. The van der Waals surface area contributed by atoms with E-state index in [-0.39, 0.29) is 0 Å². The summed E-state index contributed by atoms with van der Waals surface area (Å²) in [6, 6.07) is 0. The average molecular weight is 119 g/mol. The molecule has 1 nitrogen and oxygen atoms in total. The van der Waals surface area contributed by atoms with Gasteiger partial charge in [-0.15, -0.1) is 9.24 Å². The normalized spacial score (nSPS) is 14.1. The quantitative estimate of drug-likeness (QED) is 0.557. The Morgan fingerprint density at radius 3 is 2.43 bits per heavy atom. The second-order valence-electron chi connectivity index (χ2n) is 1.81. The van der Waals surface area contributed by atoms with Crippen LogP contribution in [0.15, 0.2) is 0 Å². The second kappa shape index (κ2) is 4.55. The van der Waals surface area contributed by atoms with Gasteiger partial charge < -0.3 is 5.73 Å². The van der Waals surface area contributed by atoms with Crippen molar-refractivity contribution >= 4 is 9.24 Å². The van der Waals surface area contributed by atoms with E-state index in [9.17, 15) is 0 Å². The highest BCUT2D eigenvalue weighted by Gasteiger charge is 1.88. The van der Waals surface area contributed by atoms with E-state index >= 15 is 0 Å². The summed E-state index contributed by atoms with van der Waals surface area (Å²) in [6.45, 7) is 2.17. The van der Waals surface area contributed by atoms with Crippen LogP contribution in [0.25, 0.3) is 0 Å². The smallest absolute Gasteiger partial charge is 0.0184 e. The molecule has 0 saturated carbocycles. The summed E-state index contributed by atoms with van der Waals surface area (Å²) in [7, 11) is 2.59. The van der Waals surface area contributed by atoms with Crippen LogP contribution in [-0.2, 0) is 0 Å². The first-order valence-electron chi connectivity index (χ1n) is 2.78. The summed E-state index contributed by atoms with van der Waals surface area (Å²) in [5.74, 6) is 0.319. The summed E-state index contributed by atoms with van der Waals surface area (Å²) in [5.41, 5.74) is 5.44. The summed E-state index contributed by atoms with van der Waals surface area (Å²) in [5, 5.41) is 0. The molecular formula is C5H14NP. The van der Waals surface area contributed by atoms with E-state index < -0.39 is 0 Å². The molecule has 0 fully saturated rings. The third-order valence-corrected chi connectivity index (χ3v) is 1.22. The first-order valence-corrected chi connectivity index (χ1v) is 3.45. The van der Waals surface area contributed by atoms with Crippen LogP contribution in [0.5, 0.6) is 0 Å². The Labute approximate surface area is 47.9 Å². The molecule has 44 valence electrons. The highest BCUT2D eigenvalue weighted by Crippen LogP contribution is 2.02. The van der Waals surface area contributed by atoms with E-state index in [2.05, 4.69) is 16.2 Å². The first-order chi connectivity index (χ1) is 3.27. The molecule has 2 atom stereocenters. The Balaban J connectivity index is 2.68. The molecule has 0 aliphatic rings. The zero-order chi connectivity index (χ0) is 5.70. The van der Waals surface area contributed by atoms with Crippen LogP contribution < -0.4 is 5.73 Å². The molecule has 0 rings (SSSR count). The summed E-state index contributed by atoms with van der Waals surface area (Å²) in [6.07, 6.45) is 3.65. The SMILES string of the molecule is CCCCC(N)P. The van der Waals surface area contributed by atoms with Crippen LogP contribution >= 0.6 is 9.24 Å². The van der Waals surface area contributed by atoms with E-state index in [1.807, 2.05) is 0 Å². The molecular weight excluding hydrogens is 105 g/mol. The monoisotopic (exact) mass is 119 g/mol. The topological polar surface area (TPSA) is 26.0 Å². The highest BCUT2D eigenvalue weighted by atomic mass is 31.0. The second-order valence-corrected chi connectivity index (χ2v) is 2.66. The predicted molar refractivity (Wildman–Crippen MR) is 37.2 cm³/mol. The van der Waals surface area contributed by atoms with Crippen molar-refractivity contribution in [3.63, 3.8) is 0 Å². The number of hydrogen-bond donors (Lipinski definition) is 1. The lowest BCUT2D eigenvalue weighted by molar-refractivity contribution is 0.699. The fraction of sp³-hybridized carbons (Fsp3) is 1.00. The number of unbranched alkanes of at least 4 members (excludes halogenated alkanes) is 1. The minimum Gasteiger partial charge on any atom is -0.324 e. The fourth-order valence-electron chi connectivity index (χ4n) is 0.440. The van der Waals surface area contributed by atoms with E-state index in [0.717, 1.165) is 6.42 Å². The van der Waals surface area contributed by atoms with Crippen LogP contribution in [0.4, 0.5) is 0 Å². The van der Waals surface area contributed by atoms with Gasteiger partial charge in [-0.2, -0.15) is 0 Å². The van der Waals surface area contributed by atoms with Crippen molar-refractivity contribution in [2.24, 2.45) is 5.73 Å². The maximum Gasteiger partial charge on any atom is 0.0184 e. The lowest BCUT2D eigenvalue weighted by Crippen LogP contribution is -2.09. The Morgan fingerprint density at radius 1 is 1.71 bits per heavy atom. The van der Waals surface area contributed by atoms with Crippen molar-refractivity contribution in [1.82, 2.24) is 0 Å². The van der Waals surface area contributed by atoms with E-state index in [0.29, 0.717) is 5.78 Å². The Morgan fingerprint density at radius 2 is 2.29 bits per heavy atom. The standard InChI is InChI=1S/C5H14NP/c1-2-3-4-5(6)7/h5H,2-4,6-7H2,1H3. The molecule has 0 heterocycles. The average Bonchev–Trinajstić information content (AvgIpc) is 1.61. The predicted octanol–water partition coefficient (Wildman–Crippen LogP) is 1.34. The summed E-state index contributed by atoms with van der Waals surface area (Å²) >= 11 is 0. The molecule has 7 heavy (non-hydrogen) atoms. The van der Waals surface area contributed by atoms with E-state index in [1.165, 1.54) is 12.8 Å². The summed E-state index contributed by atoms with van der Waals surface area (Å²) in [4.78, 5) is 0. The van der Waals surface area contributed by atoms with Crippen LogP contribution in [0.2, 0.25) is 0 Å². The van der Waals surface area contributed by atoms with Gasteiger partial charge in [0.25, 0.3) is 0 Å². The van der Waals surface area contributed by atoms with Crippen molar-refractivity contribution in [3.8, 4) is 0 Å². The lowest BCUT2D eigenvalue weighted by atomic mass is 10.2. The first kappa shape index (κ1) is 7.39. The largest absolute Gasteiger partial charge is 0.324 e. The van der Waals surface area contributed by atoms with Crippen LogP contribution in [0, 0.1) is 0 Å². The number of nitrogens with two attached hydrogens (primary N) is 1.